The smallest absolute Gasteiger partial charge is 0.322 e. The number of hydrogen-bond donors (Lipinski definition) is 3. The Morgan fingerprint density at radius 1 is 1.09 bits per heavy atom. The number of nitrogens with one attached hydrogen (secondary N) is 1. The average Bonchev–Trinajstić information content (AvgIpc) is 2.46. The van der Waals surface area contributed by atoms with Crippen LogP contribution in [0.3, 0.4) is 0 Å². The van der Waals surface area contributed by atoms with Gasteiger partial charge in [-0.3, -0.25) is 13.9 Å². The molecule has 8 nitrogen and oxygen atoms in total. The third-order valence-corrected chi connectivity index (χ3v) is 5.51. The highest BCUT2D eigenvalue weighted by molar-refractivity contribution is 7.62. The van der Waals surface area contributed by atoms with E-state index in [4.69, 9.17) is 0 Å². The molecule has 0 radical (unpaired) electrons. The van der Waals surface area contributed by atoms with Crippen molar-refractivity contribution in [2.45, 2.75) is 6.92 Å². The minimum atomic E-state index is -4.19. The van der Waals surface area contributed by atoms with Crippen LogP contribution in [0.1, 0.15) is 6.92 Å². The summed E-state index contributed by atoms with van der Waals surface area (Å²) in [4.78, 5) is 31.1. The lowest BCUT2D eigenvalue weighted by Gasteiger charge is -2.16. The molecule has 1 amide bonds. The van der Waals surface area contributed by atoms with E-state index in [0.717, 1.165) is 20.3 Å². The topological polar surface area (TPSA) is 122 Å². The first-order chi connectivity index (χ1) is 10.0. The van der Waals surface area contributed by atoms with Gasteiger partial charge in [0.25, 0.3) is 5.91 Å². The predicted molar refractivity (Wildman–Crippen MR) is 82.8 cm³/mol. The van der Waals surface area contributed by atoms with E-state index in [2.05, 4.69) is 20.9 Å². The number of rotatable bonds is 6. The summed E-state index contributed by atoms with van der Waals surface area (Å²) in [5.74, 6) is -0.543. The van der Waals surface area contributed by atoms with Crippen molar-refractivity contribution < 1.29 is 32.8 Å². The van der Waals surface area contributed by atoms with E-state index < -0.39 is 21.1 Å². The Balaban J connectivity index is 3.46. The molecule has 0 bridgehead atoms. The highest BCUT2D eigenvalue weighted by Crippen LogP contribution is 2.43. The van der Waals surface area contributed by atoms with E-state index in [1.54, 1.807) is 0 Å². The van der Waals surface area contributed by atoms with Gasteiger partial charge < -0.3 is 24.2 Å². The zero-order chi connectivity index (χ0) is 17.1. The molecule has 0 fully saturated rings. The van der Waals surface area contributed by atoms with Gasteiger partial charge in [-0.25, -0.2) is 0 Å². The van der Waals surface area contributed by atoms with Crippen molar-refractivity contribution in [3.63, 3.8) is 0 Å². The average molecular weight is 349 g/mol. The lowest BCUT2D eigenvalue weighted by molar-refractivity contribution is -0.112. The largest absolute Gasteiger partial charge is 0.358 e. The summed E-state index contributed by atoms with van der Waals surface area (Å²) in [6.45, 7) is 4.93. The van der Waals surface area contributed by atoms with E-state index in [-0.39, 0.29) is 21.9 Å². The minimum absolute atomic E-state index is 0.0400. The zero-order valence-corrected chi connectivity index (χ0v) is 14.1. The van der Waals surface area contributed by atoms with Crippen LogP contribution in [0.15, 0.2) is 30.4 Å². The monoisotopic (exact) mass is 349 g/mol. The van der Waals surface area contributed by atoms with Crippen LogP contribution in [0.25, 0.3) is 0 Å². The molecule has 0 aliphatic heterocycles. The number of hydrogen-bond acceptors (Lipinski definition) is 5. The second kappa shape index (κ2) is 6.87. The van der Waals surface area contributed by atoms with Crippen LogP contribution in [0, 0.1) is 0 Å². The third kappa shape index (κ3) is 4.36. The first kappa shape index (κ1) is 18.8. The third-order valence-electron chi connectivity index (χ3n) is 2.70. The summed E-state index contributed by atoms with van der Waals surface area (Å²) in [5, 5.41) is 1.89. The summed E-state index contributed by atoms with van der Waals surface area (Å²) in [7, 11) is -6.33. The fraction of sp³-hybridized carbons (Fsp3) is 0.250. The number of anilines is 1. The van der Waals surface area contributed by atoms with Crippen LogP contribution >= 0.6 is 15.2 Å². The van der Waals surface area contributed by atoms with Crippen LogP contribution < -0.4 is 15.9 Å². The van der Waals surface area contributed by atoms with Crippen molar-refractivity contribution in [2.75, 3.05) is 19.5 Å². The van der Waals surface area contributed by atoms with Gasteiger partial charge in [0.05, 0.1) is 10.6 Å². The van der Waals surface area contributed by atoms with Crippen molar-refractivity contribution in [1.82, 2.24) is 0 Å². The number of carbonyl (C=O) groups is 1. The van der Waals surface area contributed by atoms with Crippen molar-refractivity contribution in [2.24, 2.45) is 0 Å². The van der Waals surface area contributed by atoms with Gasteiger partial charge in [0.1, 0.15) is 0 Å². The van der Waals surface area contributed by atoms with Crippen LogP contribution in [0.4, 0.5) is 5.69 Å². The van der Waals surface area contributed by atoms with Gasteiger partial charge in [-0.05, 0) is 25.1 Å². The molecule has 122 valence electrons. The fourth-order valence-corrected chi connectivity index (χ4v) is 3.17. The van der Waals surface area contributed by atoms with E-state index in [0.29, 0.717) is 0 Å². The molecule has 0 aliphatic carbocycles. The minimum Gasteiger partial charge on any atom is -0.322 e. The lowest BCUT2D eigenvalue weighted by Crippen LogP contribution is -2.20. The van der Waals surface area contributed by atoms with Crippen LogP contribution in [0.2, 0.25) is 0 Å². The van der Waals surface area contributed by atoms with Crippen molar-refractivity contribution in [1.29, 1.82) is 0 Å². The lowest BCUT2D eigenvalue weighted by atomic mass is 10.3. The molecule has 1 aromatic rings. The van der Waals surface area contributed by atoms with Crippen LogP contribution in [-0.4, -0.2) is 29.9 Å². The maximum absolute atomic E-state index is 11.9. The molecule has 1 aromatic carbocycles. The molecule has 2 atom stereocenters. The van der Waals surface area contributed by atoms with Crippen LogP contribution in [0.5, 0.6) is 0 Å². The Kier molecular flexibility index (Phi) is 5.87. The molecule has 0 spiro atoms. The first-order valence-electron chi connectivity index (χ1n) is 5.93. The molecule has 0 heterocycles. The number of carbonyl (C=O) groups excluding carboxylic acids is 1. The Labute approximate surface area is 127 Å². The highest BCUT2D eigenvalue weighted by atomic mass is 31.2. The molecule has 0 aliphatic rings. The maximum atomic E-state index is 11.9. The summed E-state index contributed by atoms with van der Waals surface area (Å²) in [6.07, 6.45) is 0. The van der Waals surface area contributed by atoms with E-state index >= 15 is 0 Å². The molecule has 0 aromatic heterocycles. The van der Waals surface area contributed by atoms with Crippen molar-refractivity contribution in [3.8, 4) is 0 Å². The Morgan fingerprint density at radius 3 is 1.82 bits per heavy atom. The van der Waals surface area contributed by atoms with Gasteiger partial charge in [-0.2, -0.15) is 0 Å². The number of amides is 1. The highest BCUT2D eigenvalue weighted by Gasteiger charge is 2.28. The van der Waals surface area contributed by atoms with E-state index in [1.807, 2.05) is 0 Å². The first-order valence-corrected chi connectivity index (χ1v) is 9.09. The summed E-state index contributed by atoms with van der Waals surface area (Å²) >= 11 is 0. The molecule has 22 heavy (non-hydrogen) atoms. The maximum Gasteiger partial charge on any atom is 0.358 e. The van der Waals surface area contributed by atoms with Gasteiger partial charge in [0, 0.05) is 25.5 Å². The molecule has 1 rings (SSSR count). The zero-order valence-electron chi connectivity index (χ0n) is 12.3. The Hall–Kier alpha value is -1.27. The fourth-order valence-electron chi connectivity index (χ4n) is 1.44. The number of benzene rings is 1. The molecule has 0 saturated carbocycles. The van der Waals surface area contributed by atoms with Crippen LogP contribution in [-0.2, 0) is 23.0 Å². The molecule has 0 saturated heterocycles. The predicted octanol–water partition coefficient (Wildman–Crippen LogP) is 1.12. The van der Waals surface area contributed by atoms with Gasteiger partial charge in [0.15, 0.2) is 0 Å². The summed E-state index contributed by atoms with van der Waals surface area (Å²) < 4.78 is 32.8. The van der Waals surface area contributed by atoms with E-state index in [1.165, 1.54) is 19.1 Å². The van der Waals surface area contributed by atoms with Gasteiger partial charge in [-0.1, -0.05) is 6.58 Å². The van der Waals surface area contributed by atoms with Crippen molar-refractivity contribution in [3.05, 3.63) is 30.4 Å². The standard InChI is InChI=1S/C12H17NO7P2/c1-8(2)12(14)13-9-5-10(21(15,16)19-3)7-11(6-9)22(17,18)20-4/h5-7H,1H2,2-4H3,(H,13,14)(H,15,16)(H,17,18). The second-order valence-corrected chi connectivity index (χ2v) is 8.22. The SMILES string of the molecule is C=C(C)C(=O)Nc1cc(P(=O)(O)OC)cc(P(=O)(O)OC)c1. The van der Waals surface area contributed by atoms with Gasteiger partial charge >= 0.3 is 15.2 Å². The molecule has 10 heteroatoms. The Bertz CT molecular complexity index is 658. The molecule has 3 N–H and O–H groups in total. The van der Waals surface area contributed by atoms with Crippen molar-refractivity contribution >= 4 is 37.4 Å². The molecule has 2 unspecified atom stereocenters. The quantitative estimate of drug-likeness (QED) is 0.519. The van der Waals surface area contributed by atoms with Gasteiger partial charge in [-0.15, -0.1) is 0 Å². The van der Waals surface area contributed by atoms with E-state index in [9.17, 15) is 23.7 Å². The second-order valence-electron chi connectivity index (χ2n) is 4.38. The normalized spacial score (nSPS) is 16.4. The summed E-state index contributed by atoms with van der Waals surface area (Å²) in [5.41, 5.74) is 0.239. The molecular weight excluding hydrogens is 332 g/mol. The molecular formula is C12H17NO7P2. The Morgan fingerprint density at radius 2 is 1.50 bits per heavy atom. The summed E-state index contributed by atoms with van der Waals surface area (Å²) in [6, 6.07) is 3.36. The van der Waals surface area contributed by atoms with Gasteiger partial charge in [0.2, 0.25) is 0 Å².